The fourth-order valence-corrected chi connectivity index (χ4v) is 4.42. The van der Waals surface area contributed by atoms with Gasteiger partial charge in [0.1, 0.15) is 12.3 Å². The molecule has 2 atom stereocenters. The summed E-state index contributed by atoms with van der Waals surface area (Å²) >= 11 is 0. The minimum Gasteiger partial charge on any atom is -0.494 e. The van der Waals surface area contributed by atoms with Crippen molar-refractivity contribution in [2.45, 2.75) is 45.6 Å². The largest absolute Gasteiger partial charge is 0.547 e. The number of Topliss-reactive ketones (excluding diaryl/α,β-unsaturated/α-hetero) is 1. The van der Waals surface area contributed by atoms with Gasteiger partial charge in [-0.1, -0.05) is 60.7 Å². The molecule has 0 N–H and O–H groups in total. The van der Waals surface area contributed by atoms with Gasteiger partial charge in [0, 0.05) is 6.92 Å². The zero-order chi connectivity index (χ0) is 26.0. The number of amidine groups is 1. The van der Waals surface area contributed by atoms with E-state index in [9.17, 15) is 24.7 Å². The summed E-state index contributed by atoms with van der Waals surface area (Å²) in [5.74, 6) is -3.03. The first-order chi connectivity index (χ1) is 17.2. The highest BCUT2D eigenvalue weighted by molar-refractivity contribution is 6.23. The van der Waals surface area contributed by atoms with Gasteiger partial charge in [-0.05, 0) is 30.5 Å². The molecule has 2 aliphatic heterocycles. The van der Waals surface area contributed by atoms with Gasteiger partial charge in [0.2, 0.25) is 6.23 Å². The van der Waals surface area contributed by atoms with Gasteiger partial charge in [-0.25, -0.2) is 9.59 Å². The first-order valence-electron chi connectivity index (χ1n) is 11.2. The minimum absolute atomic E-state index is 0.0348. The van der Waals surface area contributed by atoms with Gasteiger partial charge >= 0.3 is 23.4 Å². The Balaban J connectivity index is 1.65. The maximum Gasteiger partial charge on any atom is 0.547 e. The zero-order valence-corrected chi connectivity index (χ0v) is 20.0. The van der Waals surface area contributed by atoms with Crippen LogP contribution in [0.25, 0.3) is 5.53 Å². The monoisotopic (exact) mass is 488 g/mol. The molecule has 2 saturated heterocycles. The van der Waals surface area contributed by atoms with Crippen LogP contribution >= 0.6 is 0 Å². The van der Waals surface area contributed by atoms with E-state index in [4.69, 9.17) is 9.47 Å². The molecule has 0 aromatic heterocycles. The van der Waals surface area contributed by atoms with Crippen molar-refractivity contribution in [3.8, 4) is 0 Å². The first-order valence-corrected chi connectivity index (χ1v) is 11.2. The topological polar surface area (TPSA) is 130 Å². The molecule has 10 nitrogen and oxygen atoms in total. The maximum absolute atomic E-state index is 13.6. The lowest BCUT2D eigenvalue weighted by molar-refractivity contribution is -0.187. The van der Waals surface area contributed by atoms with E-state index in [1.165, 1.54) is 0 Å². The normalized spacial score (nSPS) is 20.0. The molecule has 184 valence electrons. The molecule has 2 aromatic rings. The lowest BCUT2D eigenvalue weighted by atomic mass is 9.80. The summed E-state index contributed by atoms with van der Waals surface area (Å²) in [7, 11) is 0. The number of β-lactam (4-membered cyclic amide) rings is 1. The van der Waals surface area contributed by atoms with E-state index in [1.54, 1.807) is 68.4 Å². The summed E-state index contributed by atoms with van der Waals surface area (Å²) < 4.78 is 11.0. The van der Waals surface area contributed by atoms with Gasteiger partial charge in [-0.15, -0.1) is 4.90 Å². The van der Waals surface area contributed by atoms with Crippen LogP contribution in [-0.2, 0) is 41.7 Å². The Hall–Kier alpha value is -4.56. The predicted octanol–water partition coefficient (Wildman–Crippen LogP) is 2.21. The Morgan fingerprint density at radius 2 is 1.58 bits per heavy atom. The maximum atomic E-state index is 13.6. The second-order valence-corrected chi connectivity index (χ2v) is 8.65. The highest BCUT2D eigenvalue weighted by Gasteiger charge is 2.82. The summed E-state index contributed by atoms with van der Waals surface area (Å²) in [6.45, 7) is 4.32. The van der Waals surface area contributed by atoms with Crippen LogP contribution in [0.3, 0.4) is 0 Å². The Kier molecular flexibility index (Phi) is 6.55. The highest BCUT2D eigenvalue weighted by Crippen LogP contribution is 2.46. The quantitative estimate of drug-likeness (QED) is 0.147. The first kappa shape index (κ1) is 24.6. The van der Waals surface area contributed by atoms with Crippen LogP contribution in [0.4, 0.5) is 0 Å². The van der Waals surface area contributed by atoms with E-state index in [1.807, 2.05) is 6.07 Å². The third-order valence-electron chi connectivity index (χ3n) is 6.09. The third-order valence-corrected chi connectivity index (χ3v) is 6.09. The van der Waals surface area contributed by atoms with Crippen molar-refractivity contribution in [2.75, 3.05) is 0 Å². The molecule has 4 rings (SSSR count). The molecule has 10 heteroatoms. The van der Waals surface area contributed by atoms with Gasteiger partial charge in [-0.2, -0.15) is 0 Å². The minimum atomic E-state index is -2.10. The standard InChI is InChI=1S/C26H24N4O6/c1-16(2)21(22(33)35-15-19-12-8-5-9-13-19)29-23(34)26(17(3)31)24(29)36-25(28-27)30(26)20(32)14-18-10-6-4-7-11-18/h4-13,24H,14-15H2,1-3H3. The number of likely N-dealkylation sites (tertiary alicyclic amines) is 1. The molecule has 36 heavy (non-hydrogen) atoms. The molecular formula is C26H24N4O6. The van der Waals surface area contributed by atoms with Crippen molar-refractivity contribution in [1.82, 2.24) is 9.80 Å². The molecule has 0 spiro atoms. The number of nitrogens with zero attached hydrogens (tertiary/aromatic N) is 4. The molecular weight excluding hydrogens is 464 g/mol. The number of amides is 2. The smallest absolute Gasteiger partial charge is 0.494 e. The second-order valence-electron chi connectivity index (χ2n) is 8.65. The number of ether oxygens (including phenoxy) is 2. The molecule has 2 aliphatic rings. The van der Waals surface area contributed by atoms with E-state index >= 15 is 0 Å². The fraction of sp³-hybridized carbons (Fsp3) is 0.269. The Labute approximate surface area is 207 Å². The van der Waals surface area contributed by atoms with Crippen molar-refractivity contribution in [1.29, 1.82) is 0 Å². The number of hydrogen-bond acceptors (Lipinski definition) is 6. The van der Waals surface area contributed by atoms with Crippen molar-refractivity contribution >= 4 is 29.6 Å². The number of fused-ring (bicyclic) bond motifs is 1. The number of allylic oxidation sites excluding steroid dienone is 1. The molecule has 2 fully saturated rings. The van der Waals surface area contributed by atoms with Crippen molar-refractivity contribution in [2.24, 2.45) is 0 Å². The second kappa shape index (κ2) is 9.59. The lowest BCUT2D eigenvalue weighted by Gasteiger charge is -2.46. The molecule has 0 bridgehead atoms. The predicted molar refractivity (Wildman–Crippen MR) is 125 cm³/mol. The average Bonchev–Trinajstić information content (AvgIpc) is 3.18. The van der Waals surface area contributed by atoms with Gasteiger partial charge in [0.05, 0.1) is 6.42 Å². The molecule has 0 saturated carbocycles. The van der Waals surface area contributed by atoms with Crippen LogP contribution < -0.4 is 0 Å². The van der Waals surface area contributed by atoms with Crippen molar-refractivity contribution in [3.05, 3.63) is 88.6 Å². The van der Waals surface area contributed by atoms with E-state index in [-0.39, 0.29) is 18.7 Å². The number of hydrogen-bond donors (Lipinski definition) is 0. The Morgan fingerprint density at radius 3 is 2.11 bits per heavy atom. The van der Waals surface area contributed by atoms with Crippen molar-refractivity contribution in [3.63, 3.8) is 0 Å². The summed E-state index contributed by atoms with van der Waals surface area (Å²) in [6, 6.07) is 17.1. The van der Waals surface area contributed by atoms with E-state index in [0.717, 1.165) is 22.3 Å². The summed E-state index contributed by atoms with van der Waals surface area (Å²) in [6.07, 6.45) is -1.57. The molecule has 2 unspecified atom stereocenters. The average molecular weight is 489 g/mol. The van der Waals surface area contributed by atoms with Gasteiger partial charge in [0.15, 0.2) is 5.78 Å². The van der Waals surface area contributed by atoms with E-state index in [0.29, 0.717) is 11.1 Å². The fourth-order valence-electron chi connectivity index (χ4n) is 4.42. The van der Waals surface area contributed by atoms with Crippen LogP contribution in [0.5, 0.6) is 0 Å². The van der Waals surface area contributed by atoms with Crippen LogP contribution in [0.1, 0.15) is 31.9 Å². The number of esters is 1. The summed E-state index contributed by atoms with van der Waals surface area (Å²) in [4.78, 5) is 57.6. The number of benzene rings is 2. The molecule has 2 aromatic carbocycles. The summed E-state index contributed by atoms with van der Waals surface area (Å²) in [5, 5.41) is 0. The SMILES string of the molecule is CC(=O)C12C(=O)N(C(C(=O)OCc3ccccc3)=C(C)C)C1OC(=[N+]=[N-])N2C(=O)Cc1ccccc1. The Bertz CT molecular complexity index is 1310. The molecule has 2 amide bonds. The lowest BCUT2D eigenvalue weighted by Crippen LogP contribution is -2.80. The van der Waals surface area contributed by atoms with Crippen molar-refractivity contribution < 1.29 is 33.4 Å². The third kappa shape index (κ3) is 3.87. The Morgan fingerprint density at radius 1 is 1.00 bits per heavy atom. The zero-order valence-electron chi connectivity index (χ0n) is 20.0. The van der Waals surface area contributed by atoms with E-state index < -0.39 is 41.4 Å². The molecule has 0 aliphatic carbocycles. The van der Waals surface area contributed by atoms with Crippen LogP contribution in [0.2, 0.25) is 0 Å². The summed E-state index contributed by atoms with van der Waals surface area (Å²) in [5.41, 5.74) is 9.15. The number of carbonyl (C=O) groups excluding carboxylic acids is 4. The van der Waals surface area contributed by atoms with Gasteiger partial charge in [-0.3, -0.25) is 19.3 Å². The number of carbonyl (C=O) groups is 4. The van der Waals surface area contributed by atoms with E-state index in [2.05, 4.69) is 4.79 Å². The number of rotatable bonds is 7. The van der Waals surface area contributed by atoms with Crippen LogP contribution in [-0.4, -0.2) is 55.9 Å². The molecule has 0 radical (unpaired) electrons. The van der Waals surface area contributed by atoms with Gasteiger partial charge in [0.25, 0.3) is 5.91 Å². The molecule has 2 heterocycles. The van der Waals surface area contributed by atoms with Gasteiger partial charge < -0.3 is 15.0 Å². The number of ketones is 1. The van der Waals surface area contributed by atoms with Crippen LogP contribution in [0.15, 0.2) is 71.9 Å². The van der Waals surface area contributed by atoms with Crippen LogP contribution in [0, 0.1) is 0 Å². The highest BCUT2D eigenvalue weighted by atomic mass is 16.6.